The maximum Gasteiger partial charge on any atom is 0.307 e. The van der Waals surface area contributed by atoms with Crippen molar-refractivity contribution in [2.45, 2.75) is 32.1 Å². The molecule has 5 nitrogen and oxygen atoms in total. The lowest BCUT2D eigenvalue weighted by Crippen LogP contribution is -2.17. The highest BCUT2D eigenvalue weighted by molar-refractivity contribution is 5.71. The molecule has 2 unspecified atom stereocenters. The zero-order valence-electron chi connectivity index (χ0n) is 7.93. The Morgan fingerprint density at radius 1 is 1.57 bits per heavy atom. The van der Waals surface area contributed by atoms with Crippen molar-refractivity contribution >= 4 is 5.97 Å². The summed E-state index contributed by atoms with van der Waals surface area (Å²) in [6.45, 7) is 1.73. The summed E-state index contributed by atoms with van der Waals surface area (Å²) in [7, 11) is 0. The van der Waals surface area contributed by atoms with Crippen LogP contribution in [-0.2, 0) is 4.79 Å². The smallest absolute Gasteiger partial charge is 0.307 e. The fraction of sp³-hybridized carbons (Fsp3) is 0.667. The molecule has 2 rings (SSSR count). The van der Waals surface area contributed by atoms with E-state index in [4.69, 9.17) is 9.63 Å². The minimum atomic E-state index is -0.761. The first-order chi connectivity index (χ1) is 6.68. The van der Waals surface area contributed by atoms with Crippen LogP contribution in [0.3, 0.4) is 0 Å². The Morgan fingerprint density at radius 2 is 2.36 bits per heavy atom. The molecule has 76 valence electrons. The number of aryl methyl sites for hydroxylation is 1. The second-order valence-electron chi connectivity index (χ2n) is 3.66. The number of carboxylic acid groups (broad SMARTS) is 1. The lowest BCUT2D eigenvalue weighted by Gasteiger charge is -2.09. The number of nitrogens with zero attached hydrogens (tertiary/aromatic N) is 2. The average molecular weight is 196 g/mol. The average Bonchev–Trinajstić information content (AvgIpc) is 2.70. The van der Waals surface area contributed by atoms with Crippen LogP contribution in [0.15, 0.2) is 4.52 Å². The maximum absolute atomic E-state index is 10.9. The molecule has 5 heteroatoms. The monoisotopic (exact) mass is 196 g/mol. The topological polar surface area (TPSA) is 76.2 Å². The van der Waals surface area contributed by atoms with Gasteiger partial charge in [-0.2, -0.15) is 4.98 Å². The van der Waals surface area contributed by atoms with Crippen LogP contribution in [0.4, 0.5) is 0 Å². The van der Waals surface area contributed by atoms with Crippen molar-refractivity contribution in [1.82, 2.24) is 10.1 Å². The molecule has 0 radical (unpaired) electrons. The summed E-state index contributed by atoms with van der Waals surface area (Å²) < 4.78 is 5.00. The van der Waals surface area contributed by atoms with Gasteiger partial charge < -0.3 is 9.63 Å². The van der Waals surface area contributed by atoms with Gasteiger partial charge in [0.05, 0.1) is 11.8 Å². The van der Waals surface area contributed by atoms with Crippen molar-refractivity contribution in [3.05, 3.63) is 11.7 Å². The number of carbonyl (C=O) groups is 1. The number of rotatable bonds is 2. The summed E-state index contributed by atoms with van der Waals surface area (Å²) in [5, 5.41) is 12.6. The van der Waals surface area contributed by atoms with Crippen LogP contribution in [0.5, 0.6) is 0 Å². The fourth-order valence-electron chi connectivity index (χ4n) is 2.01. The normalized spacial score (nSPS) is 26.6. The van der Waals surface area contributed by atoms with E-state index in [1.165, 1.54) is 0 Å². The van der Waals surface area contributed by atoms with Crippen LogP contribution in [0.2, 0.25) is 0 Å². The van der Waals surface area contributed by atoms with Crippen LogP contribution in [0.25, 0.3) is 0 Å². The third kappa shape index (κ3) is 1.49. The largest absolute Gasteiger partial charge is 0.481 e. The number of aromatic nitrogens is 2. The SMILES string of the molecule is Cc1noc(C2CCCC2C(=O)O)n1. The molecule has 1 fully saturated rings. The van der Waals surface area contributed by atoms with Crippen LogP contribution < -0.4 is 0 Å². The second-order valence-corrected chi connectivity index (χ2v) is 3.66. The van der Waals surface area contributed by atoms with Gasteiger partial charge in [-0.1, -0.05) is 11.6 Å². The van der Waals surface area contributed by atoms with E-state index in [1.54, 1.807) is 6.92 Å². The van der Waals surface area contributed by atoms with E-state index in [-0.39, 0.29) is 11.8 Å². The first-order valence-corrected chi connectivity index (χ1v) is 4.71. The highest BCUT2D eigenvalue weighted by Gasteiger charge is 2.37. The number of hydrogen-bond donors (Lipinski definition) is 1. The lowest BCUT2D eigenvalue weighted by molar-refractivity contribution is -0.142. The summed E-state index contributed by atoms with van der Waals surface area (Å²) in [5.74, 6) is -0.157. The Morgan fingerprint density at radius 3 is 2.93 bits per heavy atom. The van der Waals surface area contributed by atoms with Gasteiger partial charge in [-0.05, 0) is 19.8 Å². The molecule has 0 aliphatic heterocycles. The van der Waals surface area contributed by atoms with E-state index in [0.717, 1.165) is 12.8 Å². The van der Waals surface area contributed by atoms with Gasteiger partial charge in [0, 0.05) is 0 Å². The van der Waals surface area contributed by atoms with Gasteiger partial charge in [0.2, 0.25) is 5.89 Å². The zero-order chi connectivity index (χ0) is 10.1. The van der Waals surface area contributed by atoms with Crippen molar-refractivity contribution < 1.29 is 14.4 Å². The van der Waals surface area contributed by atoms with E-state index >= 15 is 0 Å². The Kier molecular flexibility index (Phi) is 2.23. The molecule has 0 aromatic carbocycles. The maximum atomic E-state index is 10.9. The summed E-state index contributed by atoms with van der Waals surface area (Å²) in [6.07, 6.45) is 2.46. The molecule has 0 saturated heterocycles. The van der Waals surface area contributed by atoms with Gasteiger partial charge in [-0.3, -0.25) is 4.79 Å². The van der Waals surface area contributed by atoms with Gasteiger partial charge in [0.25, 0.3) is 0 Å². The van der Waals surface area contributed by atoms with E-state index < -0.39 is 5.97 Å². The minimum absolute atomic E-state index is 0.0892. The first kappa shape index (κ1) is 9.18. The van der Waals surface area contributed by atoms with Crippen molar-refractivity contribution in [1.29, 1.82) is 0 Å². The van der Waals surface area contributed by atoms with Crippen molar-refractivity contribution in [2.75, 3.05) is 0 Å². The molecule has 1 aromatic heterocycles. The molecule has 0 bridgehead atoms. The Balaban J connectivity index is 2.21. The summed E-state index contributed by atoms with van der Waals surface area (Å²) >= 11 is 0. The third-order valence-corrected chi connectivity index (χ3v) is 2.69. The quantitative estimate of drug-likeness (QED) is 0.772. The van der Waals surface area contributed by atoms with Crippen molar-refractivity contribution in [3.8, 4) is 0 Å². The number of hydrogen-bond acceptors (Lipinski definition) is 4. The summed E-state index contributed by atoms with van der Waals surface area (Å²) in [6, 6.07) is 0. The van der Waals surface area contributed by atoms with Gasteiger partial charge >= 0.3 is 5.97 Å². The first-order valence-electron chi connectivity index (χ1n) is 4.71. The van der Waals surface area contributed by atoms with Crippen LogP contribution in [-0.4, -0.2) is 21.2 Å². The standard InChI is InChI=1S/C9H12N2O3/c1-5-10-8(14-11-5)6-3-2-4-7(6)9(12)13/h6-7H,2-4H2,1H3,(H,12,13). The molecule has 1 saturated carbocycles. The molecule has 2 atom stereocenters. The van der Waals surface area contributed by atoms with Gasteiger partial charge in [-0.15, -0.1) is 0 Å². The highest BCUT2D eigenvalue weighted by atomic mass is 16.5. The van der Waals surface area contributed by atoms with Gasteiger partial charge in [-0.25, -0.2) is 0 Å². The Labute approximate surface area is 81.1 Å². The summed E-state index contributed by atoms with van der Waals surface area (Å²) in [5.41, 5.74) is 0. The van der Waals surface area contributed by atoms with Gasteiger partial charge in [0.1, 0.15) is 0 Å². The number of carboxylic acids is 1. The van der Waals surface area contributed by atoms with Crippen LogP contribution in [0.1, 0.15) is 36.9 Å². The number of aliphatic carboxylic acids is 1. The highest BCUT2D eigenvalue weighted by Crippen LogP contribution is 2.38. The molecular weight excluding hydrogens is 184 g/mol. The Hall–Kier alpha value is -1.39. The third-order valence-electron chi connectivity index (χ3n) is 2.69. The van der Waals surface area contributed by atoms with Crippen molar-refractivity contribution in [2.24, 2.45) is 5.92 Å². The van der Waals surface area contributed by atoms with E-state index in [0.29, 0.717) is 18.1 Å². The second kappa shape index (κ2) is 3.40. The molecule has 1 aliphatic carbocycles. The predicted octanol–water partition coefficient (Wildman–Crippen LogP) is 1.35. The molecule has 1 aromatic rings. The molecule has 1 N–H and O–H groups in total. The molecule has 14 heavy (non-hydrogen) atoms. The van der Waals surface area contributed by atoms with Gasteiger partial charge in [0.15, 0.2) is 5.82 Å². The molecular formula is C9H12N2O3. The van der Waals surface area contributed by atoms with E-state index in [9.17, 15) is 4.79 Å². The minimum Gasteiger partial charge on any atom is -0.481 e. The van der Waals surface area contributed by atoms with E-state index in [1.807, 2.05) is 0 Å². The van der Waals surface area contributed by atoms with E-state index in [2.05, 4.69) is 10.1 Å². The molecule has 0 spiro atoms. The lowest BCUT2D eigenvalue weighted by atomic mass is 9.96. The van der Waals surface area contributed by atoms with Crippen LogP contribution in [0, 0.1) is 12.8 Å². The summed E-state index contributed by atoms with van der Waals surface area (Å²) in [4.78, 5) is 15.0. The molecule has 1 heterocycles. The molecule has 1 aliphatic rings. The molecule has 0 amide bonds. The van der Waals surface area contributed by atoms with Crippen LogP contribution >= 0.6 is 0 Å². The fourth-order valence-corrected chi connectivity index (χ4v) is 2.01. The van der Waals surface area contributed by atoms with Crippen molar-refractivity contribution in [3.63, 3.8) is 0 Å². The zero-order valence-corrected chi connectivity index (χ0v) is 7.93. The predicted molar refractivity (Wildman–Crippen MR) is 46.8 cm³/mol. The Bertz CT molecular complexity index is 348.